The predicted molar refractivity (Wildman–Crippen MR) is 164 cm³/mol. The van der Waals surface area contributed by atoms with E-state index in [4.69, 9.17) is 0 Å². The third kappa shape index (κ3) is 15.1. The smallest absolute Gasteiger partial charge is 0.336 e. The summed E-state index contributed by atoms with van der Waals surface area (Å²) in [6.45, 7) is 0. The van der Waals surface area contributed by atoms with Gasteiger partial charge in [-0.25, -0.2) is 16.8 Å². The third-order valence-corrected chi connectivity index (χ3v) is 10.3. The molecule has 12 N–H and O–H groups in total. The van der Waals surface area contributed by atoms with Gasteiger partial charge in [0.25, 0.3) is 0 Å². The van der Waals surface area contributed by atoms with Gasteiger partial charge in [-0.1, -0.05) is 83.5 Å². The number of benzene rings is 2. The molecule has 0 saturated carbocycles. The van der Waals surface area contributed by atoms with Gasteiger partial charge in [-0.05, 0) is 57.0 Å². The van der Waals surface area contributed by atoms with Gasteiger partial charge in [-0.2, -0.15) is 0 Å². The molecule has 4 rings (SSSR count). The van der Waals surface area contributed by atoms with Crippen LogP contribution in [0.2, 0.25) is 0 Å². The fourth-order valence-corrected chi connectivity index (χ4v) is 7.26. The van der Waals surface area contributed by atoms with Crippen LogP contribution in [0.3, 0.4) is 0 Å². The van der Waals surface area contributed by atoms with Crippen LogP contribution in [-0.4, -0.2) is 37.9 Å². The van der Waals surface area contributed by atoms with Crippen LogP contribution >= 0.6 is 47.0 Å². The van der Waals surface area contributed by atoms with Crippen molar-refractivity contribution in [3.63, 3.8) is 0 Å². The topological polar surface area (TPSA) is 270 Å². The molecular formula is C22H26N6O6S6. The summed E-state index contributed by atoms with van der Waals surface area (Å²) in [7, 11) is -8.93. The molecule has 40 heavy (non-hydrogen) atoms. The third-order valence-electron chi connectivity index (χ3n) is 3.78. The second-order valence-electron chi connectivity index (χ2n) is 6.97. The number of nitrogens with two attached hydrogens (primary N) is 6. The largest absolute Gasteiger partial charge is 0.744 e. The van der Waals surface area contributed by atoms with Gasteiger partial charge in [-0.3, -0.25) is 33.8 Å². The molecule has 0 atom stereocenters. The molecule has 216 valence electrons. The van der Waals surface area contributed by atoms with Crippen molar-refractivity contribution in [2.75, 3.05) is 0 Å². The second-order valence-corrected chi connectivity index (χ2v) is 13.9. The quantitative estimate of drug-likeness (QED) is 0.106. The summed E-state index contributed by atoms with van der Waals surface area (Å²) in [5.41, 5.74) is 19.7. The van der Waals surface area contributed by atoms with Gasteiger partial charge in [0.2, 0.25) is 0 Å². The van der Waals surface area contributed by atoms with Crippen LogP contribution in [-0.2, 0) is 20.2 Å². The first kappa shape index (κ1) is 35.2. The normalized spacial score (nSPS) is 13.9. The predicted octanol–water partition coefficient (Wildman–Crippen LogP) is -0.282. The molecule has 0 bridgehead atoms. The minimum Gasteiger partial charge on any atom is -0.744 e. The van der Waals surface area contributed by atoms with E-state index in [1.54, 1.807) is 12.2 Å². The standard InChI is InChI=1S/C14H12O6S2.C6H4S4.2CH5N3/c15-21(16,17)13-7-3-11(4-8-13)1-2-12-5-9-14(10-6-12)22(18,19)20;1-2-8-5(7-1)6-9-3-4-10-6;2*2-1(3)4/h1-10H,(H,15,16,17)(H,18,19,20);1-4H;2*(H5,2,3,4)/b2-1+;;;. The van der Waals surface area contributed by atoms with Crippen LogP contribution in [0.15, 0.2) is 88.4 Å². The lowest BCUT2D eigenvalue weighted by Crippen LogP contribution is -2.51. The molecule has 0 aliphatic carbocycles. The first-order chi connectivity index (χ1) is 18.6. The monoisotopic (exact) mass is 662 g/mol. The van der Waals surface area contributed by atoms with Gasteiger partial charge in [0.05, 0.1) is 18.3 Å². The zero-order valence-corrected chi connectivity index (χ0v) is 25.3. The summed E-state index contributed by atoms with van der Waals surface area (Å²) >= 11 is 7.28. The molecule has 12 nitrogen and oxygen atoms in total. The van der Waals surface area contributed by atoms with Crippen LogP contribution in [0, 0.1) is 0 Å². The van der Waals surface area contributed by atoms with Crippen LogP contribution in [0.1, 0.15) is 11.1 Å². The zero-order chi connectivity index (χ0) is 30.3. The number of thioether (sulfide) groups is 4. The van der Waals surface area contributed by atoms with Crippen molar-refractivity contribution in [2.45, 2.75) is 9.79 Å². The molecule has 2 aliphatic rings. The molecule has 2 aliphatic heterocycles. The molecule has 18 heteroatoms. The van der Waals surface area contributed by atoms with E-state index in [1.165, 1.54) is 57.0 Å². The van der Waals surface area contributed by atoms with Crippen LogP contribution in [0.4, 0.5) is 0 Å². The van der Waals surface area contributed by atoms with Gasteiger partial charge >= 0.3 is 11.9 Å². The Morgan fingerprint density at radius 3 is 1.00 bits per heavy atom. The van der Waals surface area contributed by atoms with Crippen molar-refractivity contribution in [3.8, 4) is 0 Å². The fraction of sp³-hybridized carbons (Fsp3) is 0. The molecular weight excluding hydrogens is 637 g/mol. The Bertz CT molecular complexity index is 1360. The number of hydrogen-bond acceptors (Lipinski definition) is 10. The van der Waals surface area contributed by atoms with E-state index in [2.05, 4.69) is 55.4 Å². The molecule has 0 saturated heterocycles. The van der Waals surface area contributed by atoms with Crippen molar-refractivity contribution in [1.82, 2.24) is 0 Å². The molecule has 0 amide bonds. The minimum absolute atomic E-state index is 0.0833. The van der Waals surface area contributed by atoms with Crippen molar-refractivity contribution in [1.29, 1.82) is 0 Å². The molecule has 0 unspecified atom stereocenters. The van der Waals surface area contributed by atoms with Gasteiger partial charge in [-0.15, -0.1) is 0 Å². The first-order valence-electron chi connectivity index (χ1n) is 10.4. The van der Waals surface area contributed by atoms with Crippen molar-refractivity contribution in [2.24, 2.45) is 22.9 Å². The van der Waals surface area contributed by atoms with E-state index in [0.29, 0.717) is 11.1 Å². The highest BCUT2D eigenvalue weighted by Crippen LogP contribution is 2.50. The van der Waals surface area contributed by atoms with Gasteiger partial charge < -0.3 is 9.11 Å². The van der Waals surface area contributed by atoms with E-state index < -0.39 is 20.2 Å². The molecule has 2 aromatic carbocycles. The number of guanidine groups is 2. The Morgan fingerprint density at radius 1 is 0.575 bits per heavy atom. The zero-order valence-electron chi connectivity index (χ0n) is 20.4. The summed E-state index contributed by atoms with van der Waals surface area (Å²) < 4.78 is 67.6. The first-order valence-corrected chi connectivity index (χ1v) is 16.7. The highest BCUT2D eigenvalue weighted by molar-refractivity contribution is 8.33. The van der Waals surface area contributed by atoms with Crippen molar-refractivity contribution in [3.05, 3.63) is 89.8 Å². The SMILES string of the molecule is C1=CSC(=C2SC=CS2)S1.NC(N)=[NH2+].NC(N)=[NH2+].O=S(=O)([O-])c1ccc(/C=C/c2ccc(S(=O)(=O)[O-])cc2)cc1. The van der Waals surface area contributed by atoms with Gasteiger partial charge in [0.15, 0.2) is 0 Å². The maximum Gasteiger partial charge on any atom is 0.336 e. The summed E-state index contributed by atoms with van der Waals surface area (Å²) in [5, 5.41) is 17.7. The Balaban J connectivity index is 0.000000362. The van der Waals surface area contributed by atoms with E-state index in [9.17, 15) is 25.9 Å². The summed E-state index contributed by atoms with van der Waals surface area (Å²) in [6, 6.07) is 10.7. The summed E-state index contributed by atoms with van der Waals surface area (Å²) in [6.07, 6.45) is 3.31. The maximum atomic E-state index is 10.8. The lowest BCUT2D eigenvalue weighted by molar-refractivity contribution is -0.117. The molecule has 2 heterocycles. The Labute approximate surface area is 249 Å². The average molecular weight is 663 g/mol. The highest BCUT2D eigenvalue weighted by atomic mass is 32.2. The van der Waals surface area contributed by atoms with E-state index in [-0.39, 0.29) is 21.7 Å². The number of rotatable bonds is 4. The summed E-state index contributed by atoms with van der Waals surface area (Å²) in [5.74, 6) is -0.167. The highest BCUT2D eigenvalue weighted by Gasteiger charge is 2.12. The van der Waals surface area contributed by atoms with Crippen LogP contribution in [0.25, 0.3) is 12.2 Å². The van der Waals surface area contributed by atoms with E-state index >= 15 is 0 Å². The van der Waals surface area contributed by atoms with E-state index in [1.807, 2.05) is 47.0 Å². The Morgan fingerprint density at radius 2 is 0.800 bits per heavy atom. The van der Waals surface area contributed by atoms with Crippen LogP contribution < -0.4 is 33.8 Å². The molecule has 2 aromatic rings. The van der Waals surface area contributed by atoms with E-state index in [0.717, 1.165) is 0 Å². The summed E-state index contributed by atoms with van der Waals surface area (Å²) in [4.78, 5) is -0.621. The van der Waals surface area contributed by atoms with Crippen LogP contribution in [0.5, 0.6) is 0 Å². The lowest BCUT2D eigenvalue weighted by Gasteiger charge is -2.07. The molecule has 0 spiro atoms. The second kappa shape index (κ2) is 17.1. The number of hydrogen-bond donors (Lipinski definition) is 6. The Kier molecular flexibility index (Phi) is 15.0. The van der Waals surface area contributed by atoms with Gasteiger partial charge in [0, 0.05) is 0 Å². The maximum absolute atomic E-state index is 10.8. The minimum atomic E-state index is -4.47. The molecule has 0 fully saturated rings. The Hall–Kier alpha value is -2.84. The molecule has 0 aromatic heterocycles. The van der Waals surface area contributed by atoms with Crippen molar-refractivity contribution >= 4 is 91.4 Å². The van der Waals surface area contributed by atoms with Crippen molar-refractivity contribution < 1.29 is 36.8 Å². The average Bonchev–Trinajstić information content (AvgIpc) is 3.56. The molecule has 0 radical (unpaired) electrons. The fourth-order valence-electron chi connectivity index (χ4n) is 2.29. The lowest BCUT2D eigenvalue weighted by atomic mass is 10.1. The van der Waals surface area contributed by atoms with Gasteiger partial charge in [0.1, 0.15) is 20.2 Å².